The van der Waals surface area contributed by atoms with Gasteiger partial charge in [-0.3, -0.25) is 0 Å². The Morgan fingerprint density at radius 2 is 1.51 bits per heavy atom. The Morgan fingerprint density at radius 1 is 0.865 bits per heavy atom. The number of hydrazone groups is 1. The van der Waals surface area contributed by atoms with Crippen LogP contribution in [0.5, 0.6) is 5.75 Å². The Kier molecular flexibility index (Phi) is 7.04. The zero-order valence-corrected chi connectivity index (χ0v) is 22.9. The molecular formula is C29H26BrN3O3S. The van der Waals surface area contributed by atoms with Crippen molar-refractivity contribution in [2.24, 2.45) is 5.10 Å². The van der Waals surface area contributed by atoms with Gasteiger partial charge in [0.25, 0.3) is 10.0 Å². The first-order valence-electron chi connectivity index (χ1n) is 11.8. The molecule has 0 amide bonds. The van der Waals surface area contributed by atoms with Crippen LogP contribution in [-0.2, 0) is 16.6 Å². The lowest BCUT2D eigenvalue weighted by molar-refractivity contribution is 0.208. The summed E-state index contributed by atoms with van der Waals surface area (Å²) in [6, 6.07) is 32.0. The smallest absolute Gasteiger partial charge is 0.281 e. The third-order valence-corrected chi connectivity index (χ3v) is 8.42. The number of ether oxygens (including phenoxy) is 1. The molecule has 0 aromatic heterocycles. The molecule has 188 valence electrons. The van der Waals surface area contributed by atoms with Crippen molar-refractivity contribution in [1.29, 1.82) is 0 Å². The van der Waals surface area contributed by atoms with Crippen molar-refractivity contribution in [1.82, 2.24) is 9.31 Å². The number of hydrogen-bond donors (Lipinski definition) is 0. The van der Waals surface area contributed by atoms with Crippen LogP contribution in [0.4, 0.5) is 0 Å². The maximum absolute atomic E-state index is 14.0. The summed E-state index contributed by atoms with van der Waals surface area (Å²) in [5, 5.41) is 4.78. The van der Waals surface area contributed by atoms with Crippen LogP contribution in [-0.4, -0.2) is 30.7 Å². The van der Waals surface area contributed by atoms with Crippen LogP contribution in [0.1, 0.15) is 28.4 Å². The van der Waals surface area contributed by atoms with E-state index < -0.39 is 16.2 Å². The molecule has 0 radical (unpaired) electrons. The first-order chi connectivity index (χ1) is 17.9. The highest BCUT2D eigenvalue weighted by atomic mass is 79.9. The molecule has 8 heteroatoms. The number of amidine groups is 1. The second-order valence-electron chi connectivity index (χ2n) is 8.78. The molecule has 1 aliphatic heterocycles. The van der Waals surface area contributed by atoms with Gasteiger partial charge in [-0.25, -0.2) is 0 Å². The summed E-state index contributed by atoms with van der Waals surface area (Å²) in [6.07, 6.45) is -0.698. The maximum atomic E-state index is 14.0. The molecule has 37 heavy (non-hydrogen) atoms. The highest BCUT2D eigenvalue weighted by molar-refractivity contribution is 9.10. The average Bonchev–Trinajstić information content (AvgIpc) is 3.30. The molecule has 0 fully saturated rings. The summed E-state index contributed by atoms with van der Waals surface area (Å²) >= 11 is 3.49. The average molecular weight is 577 g/mol. The predicted molar refractivity (Wildman–Crippen MR) is 149 cm³/mol. The Labute approximate surface area is 226 Å². The van der Waals surface area contributed by atoms with E-state index in [0.29, 0.717) is 18.1 Å². The van der Waals surface area contributed by atoms with E-state index in [9.17, 15) is 8.42 Å². The molecule has 5 rings (SSSR count). The highest BCUT2D eigenvalue weighted by Crippen LogP contribution is 2.39. The van der Waals surface area contributed by atoms with Crippen LogP contribution in [0.25, 0.3) is 0 Å². The number of nitrogens with zero attached hydrogens (tertiary/aromatic N) is 3. The third kappa shape index (κ3) is 5.12. The topological polar surface area (TPSA) is 62.2 Å². The fraction of sp³-hybridized carbons (Fsp3) is 0.138. The summed E-state index contributed by atoms with van der Waals surface area (Å²) < 4.78 is 35.6. The molecule has 1 aliphatic rings. The van der Waals surface area contributed by atoms with Gasteiger partial charge >= 0.3 is 0 Å². The normalized spacial score (nSPS) is 15.5. The van der Waals surface area contributed by atoms with Gasteiger partial charge in [-0.15, -0.1) is 5.10 Å². The van der Waals surface area contributed by atoms with Gasteiger partial charge < -0.3 is 9.64 Å². The van der Waals surface area contributed by atoms with E-state index in [1.165, 1.54) is 4.41 Å². The van der Waals surface area contributed by atoms with E-state index in [2.05, 4.69) is 15.9 Å². The molecule has 0 spiro atoms. The van der Waals surface area contributed by atoms with Crippen LogP contribution in [0.2, 0.25) is 0 Å². The molecule has 0 bridgehead atoms. The lowest BCUT2D eigenvalue weighted by atomic mass is 10.1. The summed E-state index contributed by atoms with van der Waals surface area (Å²) in [7, 11) is -2.37. The summed E-state index contributed by atoms with van der Waals surface area (Å²) in [4.78, 5) is 2.23. The van der Waals surface area contributed by atoms with Crippen LogP contribution in [0.15, 0.2) is 118 Å². The molecule has 0 aliphatic carbocycles. The minimum Gasteiger partial charge on any atom is -0.497 e. The fourth-order valence-corrected chi connectivity index (χ4v) is 5.94. The molecule has 1 atom stereocenters. The first-order valence-corrected chi connectivity index (χ1v) is 14.0. The SMILES string of the molecule is COc1ccc(C2N(Cc3ccccc3)C(c3ccc(Br)cc3)=NN2S(=O)(=O)c2ccc(C)cc2)cc1. The Bertz CT molecular complexity index is 1510. The largest absolute Gasteiger partial charge is 0.497 e. The fourth-order valence-electron chi connectivity index (χ4n) is 4.29. The minimum atomic E-state index is -3.98. The molecule has 4 aromatic rings. The van der Waals surface area contributed by atoms with Crippen LogP contribution < -0.4 is 4.74 Å². The number of benzene rings is 4. The monoisotopic (exact) mass is 575 g/mol. The lowest BCUT2D eigenvalue weighted by Crippen LogP contribution is -2.37. The summed E-state index contributed by atoms with van der Waals surface area (Å²) in [5.41, 5.74) is 3.62. The van der Waals surface area contributed by atoms with Crippen LogP contribution in [0.3, 0.4) is 0 Å². The predicted octanol–water partition coefficient (Wildman–Crippen LogP) is 6.33. The standard InChI is InChI=1S/C29H26BrN3O3S/c1-21-8-18-27(19-9-21)37(34,35)33-29(24-12-16-26(36-2)17-13-24)32(20-22-6-4-3-5-7-22)28(31-33)23-10-14-25(30)15-11-23/h3-19,29H,20H2,1-2H3. The summed E-state index contributed by atoms with van der Waals surface area (Å²) in [6.45, 7) is 2.39. The highest BCUT2D eigenvalue weighted by Gasteiger charge is 2.43. The van der Waals surface area contributed by atoms with E-state index >= 15 is 0 Å². The Morgan fingerprint density at radius 3 is 2.14 bits per heavy atom. The van der Waals surface area contributed by atoms with Crippen LogP contribution in [0, 0.1) is 6.92 Å². The van der Waals surface area contributed by atoms with E-state index in [0.717, 1.165) is 26.7 Å². The van der Waals surface area contributed by atoms with Crippen LogP contribution >= 0.6 is 15.9 Å². The number of sulfonamides is 1. The second kappa shape index (κ2) is 10.4. The molecule has 6 nitrogen and oxygen atoms in total. The molecule has 0 saturated carbocycles. The van der Waals surface area contributed by atoms with Crippen molar-refractivity contribution < 1.29 is 13.2 Å². The van der Waals surface area contributed by atoms with Gasteiger partial charge in [0.1, 0.15) is 5.75 Å². The van der Waals surface area contributed by atoms with Crippen molar-refractivity contribution in [3.63, 3.8) is 0 Å². The van der Waals surface area contributed by atoms with E-state index in [1.54, 1.807) is 31.4 Å². The first kappa shape index (κ1) is 25.0. The van der Waals surface area contributed by atoms with Crippen molar-refractivity contribution in [2.75, 3.05) is 7.11 Å². The van der Waals surface area contributed by atoms with Gasteiger partial charge in [0.05, 0.1) is 12.0 Å². The quantitative estimate of drug-likeness (QED) is 0.258. The van der Waals surface area contributed by atoms with Crippen molar-refractivity contribution in [3.05, 3.63) is 130 Å². The van der Waals surface area contributed by atoms with Gasteiger partial charge in [0.15, 0.2) is 12.0 Å². The zero-order chi connectivity index (χ0) is 26.0. The van der Waals surface area contributed by atoms with Crippen molar-refractivity contribution in [2.45, 2.75) is 24.5 Å². The maximum Gasteiger partial charge on any atom is 0.281 e. The lowest BCUT2D eigenvalue weighted by Gasteiger charge is -2.32. The molecule has 1 unspecified atom stereocenters. The molecular weight excluding hydrogens is 550 g/mol. The number of hydrogen-bond acceptors (Lipinski definition) is 5. The van der Waals surface area contributed by atoms with Gasteiger partial charge in [-0.1, -0.05) is 88.2 Å². The van der Waals surface area contributed by atoms with Gasteiger partial charge in [0.2, 0.25) is 0 Å². The van der Waals surface area contributed by atoms with Crippen molar-refractivity contribution in [3.8, 4) is 5.75 Å². The number of rotatable bonds is 7. The van der Waals surface area contributed by atoms with Gasteiger partial charge in [-0.05, 0) is 54.4 Å². The zero-order valence-electron chi connectivity index (χ0n) is 20.5. The van der Waals surface area contributed by atoms with E-state index in [4.69, 9.17) is 9.84 Å². The number of aryl methyl sites for hydroxylation is 1. The minimum absolute atomic E-state index is 0.192. The molecule has 4 aromatic carbocycles. The van der Waals surface area contributed by atoms with Crippen molar-refractivity contribution >= 4 is 31.8 Å². The summed E-state index contributed by atoms with van der Waals surface area (Å²) in [5.74, 6) is 1.27. The van der Waals surface area contributed by atoms with E-state index in [-0.39, 0.29) is 4.90 Å². The van der Waals surface area contributed by atoms with E-state index in [1.807, 2.05) is 90.7 Å². The van der Waals surface area contributed by atoms with Gasteiger partial charge in [0, 0.05) is 16.6 Å². The Hall–Kier alpha value is -3.62. The third-order valence-electron chi connectivity index (χ3n) is 6.25. The number of methoxy groups -OCH3 is 1. The number of halogens is 1. The molecule has 0 saturated heterocycles. The molecule has 0 N–H and O–H groups in total. The Balaban J connectivity index is 1.69. The molecule has 1 heterocycles. The second-order valence-corrected chi connectivity index (χ2v) is 11.5. The van der Waals surface area contributed by atoms with Gasteiger partial charge in [-0.2, -0.15) is 12.8 Å².